The number of nitrogens with one attached hydrogen (secondary N) is 1. The molecule has 1 N–H and O–H groups in total. The van der Waals surface area contributed by atoms with E-state index in [1.807, 2.05) is 46.5 Å². The fourth-order valence-electron chi connectivity index (χ4n) is 2.24. The molecule has 0 saturated carbocycles. The third-order valence-electron chi connectivity index (χ3n) is 3.28. The Morgan fingerprint density at radius 1 is 1.38 bits per heavy atom. The van der Waals surface area contributed by atoms with Crippen molar-refractivity contribution in [2.45, 2.75) is 13.0 Å². The maximum atomic E-state index is 12.4. The first-order chi connectivity index (χ1) is 10.2. The van der Waals surface area contributed by atoms with Gasteiger partial charge in [-0.05, 0) is 24.4 Å². The fourth-order valence-corrected chi connectivity index (χ4v) is 4.67. The maximum absolute atomic E-state index is 12.4. The van der Waals surface area contributed by atoms with Crippen LogP contribution in [0.2, 0.25) is 0 Å². The molecular weight excluding hydrogens is 322 g/mol. The molecule has 106 valence electrons. The number of fused-ring (bicyclic) bond motifs is 3. The van der Waals surface area contributed by atoms with Crippen LogP contribution in [0.15, 0.2) is 35.2 Å². The van der Waals surface area contributed by atoms with Gasteiger partial charge in [-0.3, -0.25) is 9.20 Å². The number of imidazole rings is 1. The molecule has 0 radical (unpaired) electrons. The third-order valence-corrected chi connectivity index (χ3v) is 6.11. The van der Waals surface area contributed by atoms with Crippen LogP contribution < -0.4 is 5.32 Å². The van der Waals surface area contributed by atoms with E-state index >= 15 is 0 Å². The van der Waals surface area contributed by atoms with Gasteiger partial charge in [-0.15, -0.1) is 34.0 Å². The summed E-state index contributed by atoms with van der Waals surface area (Å²) in [5.74, 6) is -0.0390. The Kier molecular flexibility index (Phi) is 3.06. The van der Waals surface area contributed by atoms with Crippen molar-refractivity contribution < 1.29 is 4.79 Å². The van der Waals surface area contributed by atoms with E-state index < -0.39 is 0 Å². The first-order valence-corrected chi connectivity index (χ1v) is 8.99. The zero-order valence-corrected chi connectivity index (χ0v) is 13.5. The molecule has 0 aliphatic rings. The highest BCUT2D eigenvalue weighted by Crippen LogP contribution is 2.28. The predicted octanol–water partition coefficient (Wildman–Crippen LogP) is 4.16. The standard InChI is InChI=1S/C14H11N3OS3/c1-8(10-3-2-5-19-10)15-12(18)11-7-9-13(21-11)16-14-17(9)4-6-20-14/h2-8H,1H3,(H,15,18)/t8-/m0/s1. The SMILES string of the molecule is C[C@H](NC(=O)c1cc2c(nc3sccn32)s1)c1cccs1. The molecule has 7 heteroatoms. The second kappa shape index (κ2) is 4.94. The summed E-state index contributed by atoms with van der Waals surface area (Å²) in [5.41, 5.74) is 1.00. The van der Waals surface area contributed by atoms with Gasteiger partial charge in [-0.2, -0.15) is 0 Å². The largest absolute Gasteiger partial charge is 0.344 e. The van der Waals surface area contributed by atoms with Crippen LogP contribution in [0.5, 0.6) is 0 Å². The lowest BCUT2D eigenvalue weighted by molar-refractivity contribution is 0.0944. The summed E-state index contributed by atoms with van der Waals surface area (Å²) in [5, 5.41) is 7.06. The van der Waals surface area contributed by atoms with Crippen LogP contribution in [-0.2, 0) is 0 Å². The molecule has 4 aromatic rings. The van der Waals surface area contributed by atoms with Crippen molar-refractivity contribution in [3.63, 3.8) is 0 Å². The Hall–Kier alpha value is -1.70. The van der Waals surface area contributed by atoms with Crippen molar-refractivity contribution in [3.05, 3.63) is 44.9 Å². The molecular formula is C14H11N3OS3. The highest BCUT2D eigenvalue weighted by Gasteiger charge is 2.17. The molecule has 21 heavy (non-hydrogen) atoms. The van der Waals surface area contributed by atoms with Crippen LogP contribution in [0.3, 0.4) is 0 Å². The van der Waals surface area contributed by atoms with Crippen molar-refractivity contribution in [1.29, 1.82) is 0 Å². The highest BCUT2D eigenvalue weighted by atomic mass is 32.1. The number of carbonyl (C=O) groups excluding carboxylic acids is 1. The van der Waals surface area contributed by atoms with Crippen molar-refractivity contribution in [3.8, 4) is 0 Å². The highest BCUT2D eigenvalue weighted by molar-refractivity contribution is 7.21. The number of aromatic nitrogens is 2. The Morgan fingerprint density at radius 3 is 3.10 bits per heavy atom. The monoisotopic (exact) mass is 333 g/mol. The Labute approximate surface area is 132 Å². The second-order valence-corrected chi connectivity index (χ2v) is 7.56. The number of thiophene rings is 2. The van der Waals surface area contributed by atoms with Gasteiger partial charge in [0.15, 0.2) is 4.96 Å². The van der Waals surface area contributed by atoms with E-state index in [0.29, 0.717) is 4.88 Å². The first kappa shape index (κ1) is 13.0. The van der Waals surface area contributed by atoms with Gasteiger partial charge in [0, 0.05) is 16.5 Å². The van der Waals surface area contributed by atoms with Crippen LogP contribution in [-0.4, -0.2) is 15.3 Å². The summed E-state index contributed by atoms with van der Waals surface area (Å²) in [4.78, 5) is 20.6. The average Bonchev–Trinajstić information content (AvgIpc) is 3.20. The van der Waals surface area contributed by atoms with Crippen molar-refractivity contribution in [1.82, 2.24) is 14.7 Å². The smallest absolute Gasteiger partial charge is 0.262 e. The van der Waals surface area contributed by atoms with Gasteiger partial charge in [-0.1, -0.05) is 6.07 Å². The van der Waals surface area contributed by atoms with Gasteiger partial charge in [-0.25, -0.2) is 4.98 Å². The van der Waals surface area contributed by atoms with Crippen LogP contribution in [0.25, 0.3) is 15.3 Å². The minimum Gasteiger partial charge on any atom is -0.344 e. The molecule has 0 unspecified atom stereocenters. The molecule has 0 fully saturated rings. The fraction of sp³-hybridized carbons (Fsp3) is 0.143. The molecule has 4 nitrogen and oxygen atoms in total. The van der Waals surface area contributed by atoms with Crippen LogP contribution >= 0.6 is 34.0 Å². The normalized spacial score (nSPS) is 13.0. The molecule has 4 aromatic heterocycles. The van der Waals surface area contributed by atoms with Gasteiger partial charge in [0.25, 0.3) is 5.91 Å². The summed E-state index contributed by atoms with van der Waals surface area (Å²) in [6.45, 7) is 2.00. The van der Waals surface area contributed by atoms with Crippen LogP contribution in [0.1, 0.15) is 27.5 Å². The topological polar surface area (TPSA) is 46.4 Å². The van der Waals surface area contributed by atoms with Gasteiger partial charge in [0.2, 0.25) is 0 Å². The van der Waals surface area contributed by atoms with E-state index in [4.69, 9.17) is 0 Å². The first-order valence-electron chi connectivity index (χ1n) is 6.42. The van der Waals surface area contributed by atoms with Gasteiger partial charge in [0.05, 0.1) is 16.4 Å². The Bertz CT molecular complexity index is 916. The molecule has 4 heterocycles. The van der Waals surface area contributed by atoms with Crippen molar-refractivity contribution >= 4 is 55.2 Å². The molecule has 1 amide bonds. The summed E-state index contributed by atoms with van der Waals surface area (Å²) in [6.07, 6.45) is 1.98. The van der Waals surface area contributed by atoms with E-state index in [9.17, 15) is 4.79 Å². The van der Waals surface area contributed by atoms with Crippen molar-refractivity contribution in [2.24, 2.45) is 0 Å². The lowest BCUT2D eigenvalue weighted by atomic mass is 10.2. The van der Waals surface area contributed by atoms with E-state index in [1.54, 1.807) is 22.7 Å². The third kappa shape index (κ3) is 2.17. The quantitative estimate of drug-likeness (QED) is 0.612. The van der Waals surface area contributed by atoms with Crippen LogP contribution in [0.4, 0.5) is 0 Å². The molecule has 0 aliphatic heterocycles. The molecule has 1 atom stereocenters. The lowest BCUT2D eigenvalue weighted by Gasteiger charge is -2.10. The molecule has 4 rings (SSSR count). The Morgan fingerprint density at radius 2 is 2.29 bits per heavy atom. The van der Waals surface area contributed by atoms with E-state index in [-0.39, 0.29) is 11.9 Å². The molecule has 0 saturated heterocycles. The average molecular weight is 333 g/mol. The van der Waals surface area contributed by atoms with Gasteiger partial charge < -0.3 is 5.32 Å². The summed E-state index contributed by atoms with van der Waals surface area (Å²) in [7, 11) is 0. The number of rotatable bonds is 3. The zero-order valence-electron chi connectivity index (χ0n) is 11.1. The van der Waals surface area contributed by atoms with Crippen molar-refractivity contribution in [2.75, 3.05) is 0 Å². The molecule has 0 aromatic carbocycles. The number of hydrogen-bond donors (Lipinski definition) is 1. The van der Waals surface area contributed by atoms with Crippen LogP contribution in [0, 0.1) is 0 Å². The number of hydrogen-bond acceptors (Lipinski definition) is 5. The molecule has 0 aliphatic carbocycles. The molecule has 0 spiro atoms. The minimum absolute atomic E-state index is 0.0238. The lowest BCUT2D eigenvalue weighted by Crippen LogP contribution is -2.25. The summed E-state index contributed by atoms with van der Waals surface area (Å²) < 4.78 is 2.02. The number of thiazole rings is 1. The second-order valence-electron chi connectivity index (χ2n) is 4.68. The van der Waals surface area contributed by atoms with E-state index in [1.165, 1.54) is 11.3 Å². The minimum atomic E-state index is -0.0390. The summed E-state index contributed by atoms with van der Waals surface area (Å²) in [6, 6.07) is 5.97. The zero-order chi connectivity index (χ0) is 14.4. The summed E-state index contributed by atoms with van der Waals surface area (Å²) >= 11 is 4.69. The number of carbonyl (C=O) groups is 1. The van der Waals surface area contributed by atoms with Gasteiger partial charge >= 0.3 is 0 Å². The molecule has 0 bridgehead atoms. The van der Waals surface area contributed by atoms with E-state index in [2.05, 4.69) is 10.3 Å². The van der Waals surface area contributed by atoms with E-state index in [0.717, 1.165) is 20.2 Å². The van der Waals surface area contributed by atoms with Gasteiger partial charge in [0.1, 0.15) is 4.83 Å². The number of nitrogens with zero attached hydrogens (tertiary/aromatic N) is 2. The Balaban J connectivity index is 1.63. The maximum Gasteiger partial charge on any atom is 0.262 e. The predicted molar refractivity (Wildman–Crippen MR) is 88.7 cm³/mol. The number of amides is 1.